The summed E-state index contributed by atoms with van der Waals surface area (Å²) in [5.41, 5.74) is 9.23. The van der Waals surface area contributed by atoms with Gasteiger partial charge in [0.15, 0.2) is 0 Å². The topological polar surface area (TPSA) is 0 Å². The third-order valence-corrected chi connectivity index (χ3v) is 5.97. The predicted octanol–water partition coefficient (Wildman–Crippen LogP) is 8.61. The van der Waals surface area contributed by atoms with E-state index in [0.29, 0.717) is 0 Å². The Bertz CT molecular complexity index is 748. The number of benzene rings is 2. The first-order valence-electron chi connectivity index (χ1n) is 12.0. The molecule has 0 fully saturated rings. The van der Waals surface area contributed by atoms with Crippen LogP contribution in [-0.4, -0.2) is 0 Å². The normalized spacial score (nSPS) is 17.5. The summed E-state index contributed by atoms with van der Waals surface area (Å²) in [5.74, 6) is 2.43. The first-order chi connectivity index (χ1) is 13.8. The molecule has 0 nitrogen and oxygen atoms in total. The first-order valence-corrected chi connectivity index (χ1v) is 12.0. The third kappa shape index (κ3) is 7.65. The molecule has 0 heteroatoms. The molecule has 4 rings (SSSR count). The van der Waals surface area contributed by atoms with Gasteiger partial charge in [0.25, 0.3) is 0 Å². The molecule has 0 aromatic heterocycles. The van der Waals surface area contributed by atoms with Gasteiger partial charge >= 0.3 is 0 Å². The van der Waals surface area contributed by atoms with E-state index in [0.717, 1.165) is 17.8 Å². The Labute approximate surface area is 181 Å². The first kappa shape index (κ1) is 23.7. The van der Waals surface area contributed by atoms with E-state index in [1.165, 1.54) is 56.1 Å². The second kappa shape index (κ2) is 11.6. The fraction of sp³-hybridized carbons (Fsp3) is 0.586. The number of fused-ring (bicyclic) bond motifs is 2. The minimum Gasteiger partial charge on any atom is -0.0630 e. The molecule has 0 amide bonds. The van der Waals surface area contributed by atoms with Crippen LogP contribution >= 0.6 is 0 Å². The van der Waals surface area contributed by atoms with Crippen molar-refractivity contribution < 1.29 is 0 Å². The Morgan fingerprint density at radius 2 is 1.17 bits per heavy atom. The van der Waals surface area contributed by atoms with Gasteiger partial charge in [-0.15, -0.1) is 0 Å². The molecule has 0 N–H and O–H groups in total. The van der Waals surface area contributed by atoms with Gasteiger partial charge in [-0.25, -0.2) is 0 Å². The van der Waals surface area contributed by atoms with Crippen molar-refractivity contribution in [3.8, 4) is 0 Å². The Kier molecular flexibility index (Phi) is 9.47. The van der Waals surface area contributed by atoms with Crippen LogP contribution in [0.4, 0.5) is 0 Å². The van der Waals surface area contributed by atoms with E-state index in [9.17, 15) is 0 Å². The van der Waals surface area contributed by atoms with Crippen molar-refractivity contribution in [2.75, 3.05) is 0 Å². The molecule has 0 saturated heterocycles. The van der Waals surface area contributed by atoms with Gasteiger partial charge < -0.3 is 0 Å². The molecule has 0 aliphatic heterocycles. The Morgan fingerprint density at radius 3 is 1.79 bits per heavy atom. The molecule has 2 aliphatic carbocycles. The maximum atomic E-state index is 2.40. The van der Waals surface area contributed by atoms with Crippen molar-refractivity contribution in [3.05, 3.63) is 69.8 Å². The van der Waals surface area contributed by atoms with E-state index in [1.54, 1.807) is 22.3 Å². The van der Waals surface area contributed by atoms with E-state index in [-0.39, 0.29) is 0 Å². The summed E-state index contributed by atoms with van der Waals surface area (Å²) in [6.07, 6.45) is 9.42. The third-order valence-electron chi connectivity index (χ3n) is 5.97. The van der Waals surface area contributed by atoms with Gasteiger partial charge in [0.1, 0.15) is 0 Å². The van der Waals surface area contributed by atoms with Crippen LogP contribution in [-0.2, 0) is 19.3 Å². The summed E-state index contributed by atoms with van der Waals surface area (Å²) in [4.78, 5) is 0. The van der Waals surface area contributed by atoms with Gasteiger partial charge in [0.2, 0.25) is 0 Å². The Morgan fingerprint density at radius 1 is 0.655 bits per heavy atom. The second-order valence-electron chi connectivity index (χ2n) is 10.2. The van der Waals surface area contributed by atoms with Crippen LogP contribution < -0.4 is 0 Å². The minimum atomic E-state index is 0.788. The lowest BCUT2D eigenvalue weighted by Crippen LogP contribution is -2.14. The summed E-state index contributed by atoms with van der Waals surface area (Å²) in [7, 11) is 0. The summed E-state index contributed by atoms with van der Waals surface area (Å²) in [5, 5.41) is 0. The van der Waals surface area contributed by atoms with Crippen LogP contribution in [0.3, 0.4) is 0 Å². The molecule has 1 unspecified atom stereocenters. The van der Waals surface area contributed by atoms with Gasteiger partial charge in [-0.2, -0.15) is 0 Å². The van der Waals surface area contributed by atoms with Crippen molar-refractivity contribution >= 4 is 0 Å². The van der Waals surface area contributed by atoms with Crippen LogP contribution in [0, 0.1) is 25.7 Å². The lowest BCUT2D eigenvalue weighted by atomic mass is 9.76. The molecule has 2 aromatic carbocycles. The summed E-state index contributed by atoms with van der Waals surface area (Å²) in [6, 6.07) is 13.8. The Balaban J connectivity index is 0.000000179. The quantitative estimate of drug-likeness (QED) is 0.455. The molecule has 0 saturated carbocycles. The van der Waals surface area contributed by atoms with E-state index >= 15 is 0 Å². The molecule has 29 heavy (non-hydrogen) atoms. The number of rotatable bonds is 1. The number of aryl methyl sites for hydroxylation is 5. The highest BCUT2D eigenvalue weighted by molar-refractivity contribution is 5.36. The lowest BCUT2D eigenvalue weighted by Gasteiger charge is -2.28. The molecule has 0 radical (unpaired) electrons. The van der Waals surface area contributed by atoms with Crippen LogP contribution in [0.1, 0.15) is 99.6 Å². The predicted molar refractivity (Wildman–Crippen MR) is 130 cm³/mol. The standard InChI is InChI=1S/C14H20.C11H14.C4H10/c1-10(2)13-6-4-5-12-8-7-11(3)9-14(12)13;1-9-6-7-10-4-2-3-5-11(10)8-9;1-4(2)3/h7-10,13H,4-6H2,1-3H3;6-8H,2-5H2,1H3;4H,1-3H3. The zero-order valence-corrected chi connectivity index (χ0v) is 20.1. The minimum absolute atomic E-state index is 0.788. The van der Waals surface area contributed by atoms with E-state index < -0.39 is 0 Å². The Hall–Kier alpha value is -1.56. The molecule has 0 bridgehead atoms. The maximum Gasteiger partial charge on any atom is -0.0136 e. The highest BCUT2D eigenvalue weighted by Gasteiger charge is 2.22. The fourth-order valence-electron chi connectivity index (χ4n) is 4.51. The molecule has 2 aliphatic rings. The molecular weight excluding hydrogens is 348 g/mol. The molecule has 1 atom stereocenters. The molecule has 0 heterocycles. The number of hydrogen-bond donors (Lipinski definition) is 0. The zero-order chi connectivity index (χ0) is 21.4. The summed E-state index contributed by atoms with van der Waals surface area (Å²) < 4.78 is 0. The van der Waals surface area contributed by atoms with Gasteiger partial charge in [-0.05, 0) is 98.8 Å². The van der Waals surface area contributed by atoms with Gasteiger partial charge in [-0.1, -0.05) is 82.1 Å². The monoisotopic (exact) mass is 392 g/mol. The maximum absolute atomic E-state index is 2.40. The SMILES string of the molecule is CC(C)C.Cc1ccc2c(c1)C(C(C)C)CCC2.Cc1ccc2c(c1)CCCC2. The van der Waals surface area contributed by atoms with E-state index in [1.807, 2.05) is 0 Å². The average Bonchev–Trinajstić information content (AvgIpc) is 2.67. The lowest BCUT2D eigenvalue weighted by molar-refractivity contribution is 0.433. The van der Waals surface area contributed by atoms with Gasteiger partial charge in [0.05, 0.1) is 0 Å². The van der Waals surface area contributed by atoms with Crippen LogP contribution in [0.2, 0.25) is 0 Å². The zero-order valence-electron chi connectivity index (χ0n) is 20.1. The van der Waals surface area contributed by atoms with Crippen molar-refractivity contribution in [1.29, 1.82) is 0 Å². The summed E-state index contributed by atoms with van der Waals surface area (Å²) in [6.45, 7) is 15.6. The fourth-order valence-corrected chi connectivity index (χ4v) is 4.51. The highest BCUT2D eigenvalue weighted by atomic mass is 14.3. The molecule has 2 aromatic rings. The molecule has 160 valence electrons. The summed E-state index contributed by atoms with van der Waals surface area (Å²) >= 11 is 0. The highest BCUT2D eigenvalue weighted by Crippen LogP contribution is 2.36. The van der Waals surface area contributed by atoms with Crippen LogP contribution in [0.15, 0.2) is 36.4 Å². The van der Waals surface area contributed by atoms with E-state index in [2.05, 4.69) is 84.9 Å². The van der Waals surface area contributed by atoms with Crippen LogP contribution in [0.25, 0.3) is 0 Å². The van der Waals surface area contributed by atoms with Crippen molar-refractivity contribution in [3.63, 3.8) is 0 Å². The molecule has 0 spiro atoms. The van der Waals surface area contributed by atoms with Crippen molar-refractivity contribution in [2.45, 2.75) is 99.3 Å². The molecular formula is C29H44. The average molecular weight is 393 g/mol. The van der Waals surface area contributed by atoms with Crippen molar-refractivity contribution in [1.82, 2.24) is 0 Å². The van der Waals surface area contributed by atoms with Gasteiger partial charge in [0, 0.05) is 0 Å². The smallest absolute Gasteiger partial charge is 0.0136 e. The number of hydrogen-bond acceptors (Lipinski definition) is 0. The largest absolute Gasteiger partial charge is 0.0630 e. The van der Waals surface area contributed by atoms with Gasteiger partial charge in [-0.3, -0.25) is 0 Å². The van der Waals surface area contributed by atoms with Crippen LogP contribution in [0.5, 0.6) is 0 Å². The van der Waals surface area contributed by atoms with Crippen molar-refractivity contribution in [2.24, 2.45) is 11.8 Å². The second-order valence-corrected chi connectivity index (χ2v) is 10.2. The van der Waals surface area contributed by atoms with E-state index in [4.69, 9.17) is 0 Å².